The fraction of sp³-hybridized carbons (Fsp3) is 0.576. The predicted molar refractivity (Wildman–Crippen MR) is 223 cm³/mol. The number of rotatable bonds is 14. The zero-order valence-electron chi connectivity index (χ0n) is 33.1. The minimum absolute atomic E-state index is 0.0448. The fourth-order valence-electron chi connectivity index (χ4n) is 7.79. The average Bonchev–Trinajstić information content (AvgIpc) is 4.04. The first-order chi connectivity index (χ1) is 28.9. The van der Waals surface area contributed by atoms with Gasteiger partial charge < -0.3 is 64.4 Å². The summed E-state index contributed by atoms with van der Waals surface area (Å²) in [6.07, 6.45) is -0.0903. The molecular formula is C33H45N13O11P2S2. The van der Waals surface area contributed by atoms with Crippen LogP contribution in [0.2, 0.25) is 0 Å². The minimum atomic E-state index is -4.14. The van der Waals surface area contributed by atoms with Crippen molar-refractivity contribution in [3.05, 3.63) is 47.6 Å². The van der Waals surface area contributed by atoms with Crippen LogP contribution in [0.4, 0.5) is 17.5 Å². The van der Waals surface area contributed by atoms with Gasteiger partial charge in [-0.25, -0.2) is 34.7 Å². The fourth-order valence-corrected chi connectivity index (χ4v) is 10.8. The normalized spacial score (nSPS) is 31.2. The molecule has 3 fully saturated rings. The van der Waals surface area contributed by atoms with E-state index < -0.39 is 87.0 Å². The number of ether oxygens (including phenoxy) is 3. The molecule has 24 nitrogen and oxygen atoms in total. The van der Waals surface area contributed by atoms with Gasteiger partial charge >= 0.3 is 19.1 Å². The molecule has 13 atom stereocenters. The van der Waals surface area contributed by atoms with Crippen molar-refractivity contribution >= 4 is 76.8 Å². The third kappa shape index (κ3) is 8.67. The summed E-state index contributed by atoms with van der Waals surface area (Å²) in [6, 6.07) is 0. The maximum absolute atomic E-state index is 13.0. The first-order valence-corrected chi connectivity index (χ1v) is 24.3. The van der Waals surface area contributed by atoms with Crippen LogP contribution >= 0.6 is 13.4 Å². The Morgan fingerprint density at radius 3 is 1.95 bits per heavy atom. The molecule has 61 heavy (non-hydrogen) atoms. The molecule has 28 heteroatoms. The highest BCUT2D eigenvalue weighted by atomic mass is 32.5. The number of fused-ring (bicyclic) bond motifs is 2. The van der Waals surface area contributed by atoms with Gasteiger partial charge in [0.05, 0.1) is 44.2 Å². The highest BCUT2D eigenvalue weighted by Crippen LogP contribution is 2.53. The van der Waals surface area contributed by atoms with Gasteiger partial charge in [-0.05, 0) is 37.0 Å². The molecular weight excluding hydrogens is 881 g/mol. The number of aliphatic hydroxyl groups is 1. The van der Waals surface area contributed by atoms with Crippen molar-refractivity contribution in [1.82, 2.24) is 48.6 Å². The van der Waals surface area contributed by atoms with E-state index in [0.29, 0.717) is 34.3 Å². The summed E-state index contributed by atoms with van der Waals surface area (Å²) < 4.78 is 47.1. The second-order valence-electron chi connectivity index (χ2n) is 15.0. The third-order valence-corrected chi connectivity index (χ3v) is 14.2. The molecule has 8 rings (SSSR count). The summed E-state index contributed by atoms with van der Waals surface area (Å²) in [5, 5.41) is 11.1. The van der Waals surface area contributed by atoms with Crippen LogP contribution in [-0.4, -0.2) is 113 Å². The van der Waals surface area contributed by atoms with Gasteiger partial charge in [-0.15, -0.1) is 0 Å². The quantitative estimate of drug-likeness (QED) is 0.0856. The van der Waals surface area contributed by atoms with Crippen molar-refractivity contribution in [2.45, 2.75) is 95.8 Å². The van der Waals surface area contributed by atoms with Gasteiger partial charge in [-0.3, -0.25) is 13.7 Å². The van der Waals surface area contributed by atoms with E-state index in [1.807, 2.05) is 13.8 Å². The van der Waals surface area contributed by atoms with Crippen LogP contribution in [0.5, 0.6) is 0 Å². The molecule has 0 bridgehead atoms. The molecule has 5 aromatic heterocycles. The molecule has 3 aliphatic heterocycles. The summed E-state index contributed by atoms with van der Waals surface area (Å²) in [4.78, 5) is 64.9. The van der Waals surface area contributed by atoms with Gasteiger partial charge in [0.1, 0.15) is 66.5 Å². The topological polar surface area (TPSA) is 325 Å². The number of nitrogen functional groups attached to an aromatic ring is 3. The summed E-state index contributed by atoms with van der Waals surface area (Å²) in [5.74, 6) is -0.394. The van der Waals surface area contributed by atoms with Gasteiger partial charge in [-0.2, -0.15) is 4.98 Å². The SMILES string of the molecule is CC[C@H]1O[C@@H](n2cnc3c(N)ncnc32)[C@@H](C)C1OP(O)(=S)OC[C@H]1O[C@@H](n2cc(C)c(N)nc2=O)CC1OP(O)(=S)OC[C@H]1O[C@@H](n2cnc3c(N)ncnc32)[C@@H](C)C1O. The average molecular weight is 926 g/mol. The largest absolute Gasteiger partial charge is 0.390 e. The molecule has 3 aliphatic rings. The zero-order chi connectivity index (χ0) is 43.5. The molecule has 5 aromatic rings. The number of nitrogens with two attached hydrogens (primary N) is 3. The lowest BCUT2D eigenvalue weighted by Crippen LogP contribution is -2.31. The Hall–Kier alpha value is -3.72. The molecule has 3 saturated heterocycles. The summed E-state index contributed by atoms with van der Waals surface area (Å²) in [7, 11) is 0. The Bertz CT molecular complexity index is 2590. The van der Waals surface area contributed by atoms with Gasteiger partial charge in [0.2, 0.25) is 0 Å². The summed E-state index contributed by atoms with van der Waals surface area (Å²) in [5.41, 5.74) is 19.3. The molecule has 0 aliphatic carbocycles. The second kappa shape index (κ2) is 17.1. The monoisotopic (exact) mass is 925 g/mol. The number of aromatic nitrogens is 10. The van der Waals surface area contributed by atoms with Crippen molar-refractivity contribution in [2.75, 3.05) is 30.4 Å². The number of nitrogens with zero attached hydrogens (tertiary/aromatic N) is 10. The lowest BCUT2D eigenvalue weighted by Gasteiger charge is -2.28. The van der Waals surface area contributed by atoms with Gasteiger partial charge in [0.25, 0.3) is 0 Å². The number of hydrogen-bond donors (Lipinski definition) is 6. The molecule has 0 amide bonds. The zero-order valence-corrected chi connectivity index (χ0v) is 36.5. The number of aryl methyl sites for hydroxylation is 1. The van der Waals surface area contributed by atoms with Crippen LogP contribution in [0.3, 0.4) is 0 Å². The van der Waals surface area contributed by atoms with E-state index in [9.17, 15) is 19.7 Å². The van der Waals surface area contributed by atoms with Crippen LogP contribution in [0, 0.1) is 18.8 Å². The van der Waals surface area contributed by atoms with E-state index in [4.69, 9.17) is 73.1 Å². The Morgan fingerprint density at radius 2 is 1.34 bits per heavy atom. The number of hydrogen-bond acceptors (Lipinski definition) is 21. The van der Waals surface area contributed by atoms with Crippen molar-refractivity contribution in [3.63, 3.8) is 0 Å². The molecule has 0 spiro atoms. The maximum Gasteiger partial charge on any atom is 0.351 e. The van der Waals surface area contributed by atoms with Gasteiger partial charge in [0.15, 0.2) is 22.9 Å². The van der Waals surface area contributed by atoms with E-state index in [2.05, 4.69) is 34.9 Å². The van der Waals surface area contributed by atoms with Crippen LogP contribution < -0.4 is 22.9 Å². The van der Waals surface area contributed by atoms with E-state index >= 15 is 0 Å². The molecule has 5 unspecified atom stereocenters. The molecule has 0 aromatic carbocycles. The number of anilines is 3. The van der Waals surface area contributed by atoms with Crippen LogP contribution in [0.15, 0.2) is 36.3 Å². The predicted octanol–water partition coefficient (Wildman–Crippen LogP) is 1.34. The second-order valence-corrected chi connectivity index (χ2v) is 20.6. The van der Waals surface area contributed by atoms with Crippen LogP contribution in [0.25, 0.3) is 22.3 Å². The van der Waals surface area contributed by atoms with Crippen LogP contribution in [0.1, 0.15) is 57.9 Å². The first-order valence-electron chi connectivity index (χ1n) is 19.1. The molecule has 330 valence electrons. The summed E-state index contributed by atoms with van der Waals surface area (Å²) >= 11 is 10.9. The van der Waals surface area contributed by atoms with E-state index in [0.717, 1.165) is 0 Å². The Morgan fingerprint density at radius 1 is 0.787 bits per heavy atom. The minimum Gasteiger partial charge on any atom is -0.390 e. The van der Waals surface area contributed by atoms with Gasteiger partial charge in [0, 0.05) is 30.0 Å². The van der Waals surface area contributed by atoms with E-state index in [-0.39, 0.29) is 36.4 Å². The molecule has 0 saturated carbocycles. The Labute approximate surface area is 357 Å². The summed E-state index contributed by atoms with van der Waals surface area (Å²) in [6.45, 7) is -1.73. The highest BCUT2D eigenvalue weighted by molar-refractivity contribution is 8.07. The Kier molecular flexibility index (Phi) is 12.3. The third-order valence-electron chi connectivity index (χ3n) is 11.0. The van der Waals surface area contributed by atoms with Crippen molar-refractivity contribution in [3.8, 4) is 0 Å². The highest BCUT2D eigenvalue weighted by Gasteiger charge is 2.48. The number of aliphatic hydroxyl groups excluding tert-OH is 1. The molecule has 9 N–H and O–H groups in total. The maximum atomic E-state index is 13.0. The van der Waals surface area contributed by atoms with Crippen molar-refractivity contribution < 1.29 is 47.2 Å². The van der Waals surface area contributed by atoms with E-state index in [1.54, 1.807) is 29.3 Å². The lowest BCUT2D eigenvalue weighted by atomic mass is 10.0. The first kappa shape index (κ1) is 43.9. The molecule has 0 radical (unpaired) electrons. The number of imidazole rings is 2. The lowest BCUT2D eigenvalue weighted by molar-refractivity contribution is -0.0528. The van der Waals surface area contributed by atoms with E-state index in [1.165, 1.54) is 29.7 Å². The smallest absolute Gasteiger partial charge is 0.351 e. The van der Waals surface area contributed by atoms with Crippen molar-refractivity contribution in [1.29, 1.82) is 0 Å². The van der Waals surface area contributed by atoms with Crippen LogP contribution in [-0.2, 0) is 55.9 Å². The Balaban J connectivity index is 0.955. The standard InChI is InChI=1S/C33H45N13O11P2S2/c1-5-17-25(16(4)32(54-17)46-13-42-23-28(36)38-11-40-30(23)46)57-59(50,61)51-8-19-18(6-21(53-19)44-7-14(2)26(34)43-33(44)48)56-58(49,60)52-9-20-24(47)15(3)31(55-20)45-12-41-22-27(35)37-10-39-29(22)45/h7,10-13,15-21,24-25,31-32,47H,5-6,8-9H2,1-4H3,(H,49,60)(H,50,61)(H2,34,43,48)(H2,35,37,39)(H2,36,38,40)/t15-,16-,17+,18?,19+,20+,21+,24?,25?,31+,32+,58?,59?/m0/s1. The molecule has 8 heterocycles. The van der Waals surface area contributed by atoms with Crippen molar-refractivity contribution in [2.24, 2.45) is 11.8 Å². The van der Waals surface area contributed by atoms with Gasteiger partial charge in [-0.1, -0.05) is 20.8 Å².